The summed E-state index contributed by atoms with van der Waals surface area (Å²) < 4.78 is 0. The van der Waals surface area contributed by atoms with E-state index in [1.807, 2.05) is 0 Å². The Balaban J connectivity index is -0.000000218. The van der Waals surface area contributed by atoms with E-state index in [4.69, 9.17) is 10.1 Å². The van der Waals surface area contributed by atoms with E-state index in [9.17, 15) is 9.90 Å². The van der Waals surface area contributed by atoms with Crippen LogP contribution in [0.2, 0.25) is 0 Å². The van der Waals surface area contributed by atoms with Crippen LogP contribution in [0.4, 0.5) is 0 Å². The first-order valence-electron chi connectivity index (χ1n) is 2.93. The number of hydrogen-bond acceptors (Lipinski definition) is 5. The molecule has 1 aromatic carbocycles. The fourth-order valence-corrected chi connectivity index (χ4v) is 0.574. The Hall–Kier alpha value is 0.986. The fourth-order valence-electron chi connectivity index (χ4n) is 0.574. The molecule has 0 radical (unpaired) electrons. The summed E-state index contributed by atoms with van der Waals surface area (Å²) in [5.74, 6) is -1.13. The van der Waals surface area contributed by atoms with Gasteiger partial charge in [0.25, 0.3) is 0 Å². The largest absolute Gasteiger partial charge is 2.00 e. The number of rotatable bonds is 1. The van der Waals surface area contributed by atoms with Gasteiger partial charge in [-0.1, -0.05) is 30.3 Å². The number of benzene rings is 1. The van der Waals surface area contributed by atoms with Gasteiger partial charge in [-0.05, 0) is 5.56 Å². The van der Waals surface area contributed by atoms with Crippen molar-refractivity contribution >= 4 is 43.7 Å². The van der Waals surface area contributed by atoms with Gasteiger partial charge in [0.15, 0.2) is 0 Å². The molecule has 0 heterocycles. The molecule has 14 heavy (non-hydrogen) atoms. The van der Waals surface area contributed by atoms with E-state index < -0.39 is 5.97 Å². The van der Waals surface area contributed by atoms with Gasteiger partial charge in [0, 0.05) is 0 Å². The van der Waals surface area contributed by atoms with Gasteiger partial charge in [0.2, 0.25) is 0 Å². The molecule has 1 aromatic rings. The second-order valence-corrected chi connectivity index (χ2v) is 1.73. The second-order valence-electron chi connectivity index (χ2n) is 1.73. The third-order valence-electron chi connectivity index (χ3n) is 1.01. The fraction of sp³-hybridized carbons (Fsp3) is 0. The molecule has 5 nitrogen and oxygen atoms in total. The van der Waals surface area contributed by atoms with E-state index in [1.165, 1.54) is 12.1 Å². The van der Waals surface area contributed by atoms with Crippen LogP contribution in [0.1, 0.15) is 10.4 Å². The van der Waals surface area contributed by atoms with Gasteiger partial charge < -0.3 is 20.0 Å². The van der Waals surface area contributed by atoms with Crippen molar-refractivity contribution in [2.75, 3.05) is 0 Å². The Morgan fingerprint density at radius 1 is 1.21 bits per heavy atom. The predicted molar refractivity (Wildman–Crippen MR) is 45.7 cm³/mol. The van der Waals surface area contributed by atoms with Crippen LogP contribution in [0.15, 0.2) is 35.7 Å². The van der Waals surface area contributed by atoms with Gasteiger partial charge in [-0.25, -0.2) is 0 Å². The van der Waals surface area contributed by atoms with Gasteiger partial charge in [0.1, 0.15) is 0 Å². The number of nitrogens with zero attached hydrogens (tertiary/aromatic N) is 1. The molecule has 0 spiro atoms. The minimum absolute atomic E-state index is 0. The molecule has 1 rings (SSSR count). The van der Waals surface area contributed by atoms with Crippen molar-refractivity contribution in [1.29, 1.82) is 0 Å². The van der Waals surface area contributed by atoms with Crippen molar-refractivity contribution in [2.24, 2.45) is 5.34 Å². The second kappa shape index (κ2) is 14.0. The topological polar surface area (TPSA) is 92.6 Å². The molecule has 0 N–H and O–H groups in total. The van der Waals surface area contributed by atoms with Gasteiger partial charge in [0.05, 0.1) is 5.97 Å². The number of carbonyl (C=O) groups is 1. The summed E-state index contributed by atoms with van der Waals surface area (Å²) in [6.45, 7) is 0. The maximum Gasteiger partial charge on any atom is 2.00 e. The molecule has 0 bridgehead atoms. The summed E-state index contributed by atoms with van der Waals surface area (Å²) in [5, 5.41) is 19.1. The van der Waals surface area contributed by atoms with E-state index in [0.29, 0.717) is 0 Å². The average Bonchev–Trinajstić information content (AvgIpc) is 2.07. The zero-order valence-corrected chi connectivity index (χ0v) is 13.0. The van der Waals surface area contributed by atoms with Crippen LogP contribution in [0.25, 0.3) is 0 Å². The summed E-state index contributed by atoms with van der Waals surface area (Å²) in [6.07, 6.45) is 0. The Kier molecular flexibility index (Phi) is 20.4. The SMILES string of the molecule is O=C([O-])c1ccccc1.O=N[O-].[Ca+2].[K+]. The van der Waals surface area contributed by atoms with Crippen LogP contribution in [-0.2, 0) is 0 Å². The van der Waals surface area contributed by atoms with Crippen LogP contribution >= 0.6 is 0 Å². The summed E-state index contributed by atoms with van der Waals surface area (Å²) in [5.41, 5.74) is 0.220. The molecular weight excluding hydrogens is 241 g/mol. The monoisotopic (exact) mass is 246 g/mol. The molecule has 0 aromatic heterocycles. The van der Waals surface area contributed by atoms with Crippen LogP contribution in [0, 0.1) is 10.1 Å². The van der Waals surface area contributed by atoms with Crippen molar-refractivity contribution in [3.8, 4) is 0 Å². The van der Waals surface area contributed by atoms with E-state index in [2.05, 4.69) is 0 Å². The summed E-state index contributed by atoms with van der Waals surface area (Å²) in [4.78, 5) is 18.1. The molecule has 0 fully saturated rings. The number of carbonyl (C=O) groups excluding carboxylic acids is 1. The third kappa shape index (κ3) is 11.1. The van der Waals surface area contributed by atoms with Gasteiger partial charge >= 0.3 is 89.1 Å². The van der Waals surface area contributed by atoms with Crippen molar-refractivity contribution in [3.05, 3.63) is 46.0 Å². The first-order chi connectivity index (χ1) is 5.72. The van der Waals surface area contributed by atoms with Crippen molar-refractivity contribution in [3.63, 3.8) is 0 Å². The molecule has 0 aliphatic carbocycles. The molecule has 0 saturated heterocycles. The van der Waals surface area contributed by atoms with E-state index in [-0.39, 0.29) is 94.7 Å². The minimum atomic E-state index is -1.13. The maximum atomic E-state index is 10.1. The van der Waals surface area contributed by atoms with E-state index >= 15 is 0 Å². The van der Waals surface area contributed by atoms with Crippen molar-refractivity contribution in [2.45, 2.75) is 0 Å². The number of hydrogen-bond donors (Lipinski definition) is 0. The predicted octanol–water partition coefficient (Wildman–Crippen LogP) is -3.08. The smallest absolute Gasteiger partial charge is 0.545 e. The van der Waals surface area contributed by atoms with Crippen LogP contribution in [0.5, 0.6) is 0 Å². The Morgan fingerprint density at radius 2 is 1.57 bits per heavy atom. The maximum absolute atomic E-state index is 10.1. The normalized spacial score (nSPS) is 6.57. The molecule has 0 atom stereocenters. The average molecular weight is 246 g/mol. The first-order valence-corrected chi connectivity index (χ1v) is 2.93. The molecule has 0 aliphatic rings. The van der Waals surface area contributed by atoms with Crippen molar-refractivity contribution < 1.29 is 61.3 Å². The Labute approximate surface area is 153 Å². The molecule has 64 valence electrons. The summed E-state index contributed by atoms with van der Waals surface area (Å²) in [6, 6.07) is 8.06. The van der Waals surface area contributed by atoms with Gasteiger partial charge in [-0.2, -0.15) is 0 Å². The number of carboxylic acids is 1. The summed E-state index contributed by atoms with van der Waals surface area (Å²) >= 11 is 0. The standard InChI is InChI=1S/C7H6O2.Ca.K.HNO2/c8-7(9)6-4-2-1-3-5-6;;;2-1-3/h1-5H,(H,8,9);;;(H,2,3)/q;+2;+1;/p-2. The first kappa shape index (κ1) is 20.4. The van der Waals surface area contributed by atoms with E-state index in [0.717, 1.165) is 5.34 Å². The van der Waals surface area contributed by atoms with Gasteiger partial charge in [-0.15, -0.1) is 5.34 Å². The molecule has 0 unspecified atom stereocenters. The minimum Gasteiger partial charge on any atom is -0.545 e. The van der Waals surface area contributed by atoms with Crippen molar-refractivity contribution in [1.82, 2.24) is 0 Å². The Bertz CT molecular complexity index is 257. The number of carboxylic acid groups (broad SMARTS) is 1. The molecule has 0 saturated carbocycles. The van der Waals surface area contributed by atoms with Gasteiger partial charge in [-0.3, -0.25) is 0 Å². The van der Waals surface area contributed by atoms with Crippen LogP contribution < -0.4 is 56.5 Å². The van der Waals surface area contributed by atoms with Crippen LogP contribution in [-0.4, -0.2) is 43.7 Å². The van der Waals surface area contributed by atoms with E-state index in [1.54, 1.807) is 18.2 Å². The molecule has 0 aliphatic heterocycles. The third-order valence-corrected chi connectivity index (χ3v) is 1.01. The molecular formula is C7H5CaKNO4+. The number of aromatic carboxylic acids is 1. The summed E-state index contributed by atoms with van der Waals surface area (Å²) in [7, 11) is 0. The quantitative estimate of drug-likeness (QED) is 0.298. The zero-order chi connectivity index (χ0) is 9.40. The Morgan fingerprint density at radius 3 is 1.79 bits per heavy atom. The molecule has 0 amide bonds. The zero-order valence-electron chi connectivity index (χ0n) is 7.67. The van der Waals surface area contributed by atoms with Crippen LogP contribution in [0.3, 0.4) is 0 Å². The molecule has 7 heteroatoms.